The van der Waals surface area contributed by atoms with Crippen molar-refractivity contribution in [3.63, 3.8) is 0 Å². The fraction of sp³-hybridized carbons (Fsp3) is 0. The van der Waals surface area contributed by atoms with Crippen LogP contribution in [-0.2, 0) is 0 Å². The number of hydrogen-bond donors (Lipinski definition) is 0. The molecule has 0 nitrogen and oxygen atoms in total. The minimum atomic E-state index is 1.19. The zero-order valence-electron chi connectivity index (χ0n) is 35.2. The van der Waals surface area contributed by atoms with Crippen molar-refractivity contribution in [2.45, 2.75) is 0 Å². The zero-order chi connectivity index (χ0) is 42.4. The second-order valence-corrected chi connectivity index (χ2v) is 16.8. The predicted molar refractivity (Wildman–Crippen MR) is 275 cm³/mol. The summed E-state index contributed by atoms with van der Waals surface area (Å²) in [5.41, 5.74) is 16.9. The van der Waals surface area contributed by atoms with E-state index in [1.807, 2.05) is 0 Å². The highest BCUT2D eigenvalue weighted by Crippen LogP contribution is 2.49. The van der Waals surface area contributed by atoms with Gasteiger partial charge in [-0.2, -0.15) is 0 Å². The van der Waals surface area contributed by atoms with Crippen LogP contribution in [-0.4, -0.2) is 0 Å². The Labute approximate surface area is 374 Å². The maximum absolute atomic E-state index is 2.52. The van der Waals surface area contributed by atoms with Gasteiger partial charge in [-0.3, -0.25) is 0 Å². The Morgan fingerprint density at radius 3 is 0.875 bits per heavy atom. The molecule has 0 atom stereocenters. The molecule has 12 aromatic carbocycles. The van der Waals surface area contributed by atoms with Crippen LogP contribution in [0.2, 0.25) is 0 Å². The molecule has 0 radical (unpaired) electrons. The first-order chi connectivity index (χ1) is 31.7. The fourth-order valence-electron chi connectivity index (χ4n) is 9.98. The van der Waals surface area contributed by atoms with Crippen LogP contribution in [0, 0.1) is 0 Å². The Kier molecular flexibility index (Phi) is 9.28. The lowest BCUT2D eigenvalue weighted by Crippen LogP contribution is -1.95. The van der Waals surface area contributed by atoms with E-state index in [-0.39, 0.29) is 0 Å². The van der Waals surface area contributed by atoms with E-state index < -0.39 is 0 Å². The van der Waals surface area contributed by atoms with Crippen molar-refractivity contribution in [1.82, 2.24) is 0 Å². The van der Waals surface area contributed by atoms with Gasteiger partial charge in [0, 0.05) is 0 Å². The number of fused-ring (bicyclic) bond motifs is 5. The SMILES string of the molecule is c1ccc(-c2cc(-c3ccccc3)cc(-c3c4ccccc4c(-c4cc(-c5ccccc5)cc(-c5ccccc5)c4)c4cc5c(cc34)c(-c3ccccc3)cc3ccccc35)c2)cc1. The maximum atomic E-state index is 2.52. The average Bonchev–Trinajstić information content (AvgIpc) is 3.38. The first-order valence-corrected chi connectivity index (χ1v) is 22.2. The van der Waals surface area contributed by atoms with Crippen LogP contribution in [0.4, 0.5) is 0 Å². The van der Waals surface area contributed by atoms with Gasteiger partial charge in [0.05, 0.1) is 0 Å². The van der Waals surface area contributed by atoms with Crippen molar-refractivity contribution in [3.05, 3.63) is 255 Å². The van der Waals surface area contributed by atoms with Gasteiger partial charge in [0.15, 0.2) is 0 Å². The summed E-state index contributed by atoms with van der Waals surface area (Å²) in [6.45, 7) is 0. The number of benzene rings is 12. The quantitative estimate of drug-likeness (QED) is 0.111. The molecule has 64 heavy (non-hydrogen) atoms. The molecule has 0 unspecified atom stereocenters. The van der Waals surface area contributed by atoms with Gasteiger partial charge in [0.1, 0.15) is 0 Å². The molecule has 12 rings (SSSR count). The zero-order valence-corrected chi connectivity index (χ0v) is 35.2. The van der Waals surface area contributed by atoms with Gasteiger partial charge >= 0.3 is 0 Å². The van der Waals surface area contributed by atoms with Gasteiger partial charge in [0.25, 0.3) is 0 Å². The first-order valence-electron chi connectivity index (χ1n) is 22.2. The fourth-order valence-corrected chi connectivity index (χ4v) is 9.98. The monoisotopic (exact) mass is 810 g/mol. The standard InChI is InChI=1S/C64H42/c1-6-20-43(21-7-1)49-34-50(44-22-8-2-9-23-44)37-53(36-49)63-56-32-18-19-33-57(56)64(54-38-51(45-24-10-3-11-25-45)35-52(39-54)46-26-12-4-13-27-46)62-42-60-58(47-28-14-5-15-29-47)40-48-30-16-17-31-55(48)59(60)41-61(62)63/h1-42H. The summed E-state index contributed by atoms with van der Waals surface area (Å²) >= 11 is 0. The lowest BCUT2D eigenvalue weighted by molar-refractivity contribution is 1.58. The van der Waals surface area contributed by atoms with Gasteiger partial charge < -0.3 is 0 Å². The Morgan fingerprint density at radius 1 is 0.156 bits per heavy atom. The summed E-state index contributed by atoms with van der Waals surface area (Å²) in [6, 6.07) is 93.9. The van der Waals surface area contributed by atoms with Crippen molar-refractivity contribution < 1.29 is 0 Å². The van der Waals surface area contributed by atoms with Crippen LogP contribution in [0.1, 0.15) is 0 Å². The van der Waals surface area contributed by atoms with Gasteiger partial charge in [-0.05, 0) is 176 Å². The van der Waals surface area contributed by atoms with E-state index in [1.165, 1.54) is 121 Å². The molecule has 0 aliphatic carbocycles. The van der Waals surface area contributed by atoms with Gasteiger partial charge in [-0.15, -0.1) is 0 Å². The molecule has 0 spiro atoms. The molecule has 0 amide bonds. The van der Waals surface area contributed by atoms with E-state index in [1.54, 1.807) is 0 Å². The van der Waals surface area contributed by atoms with Crippen LogP contribution in [0.15, 0.2) is 255 Å². The lowest BCUT2D eigenvalue weighted by atomic mass is 9.81. The summed E-state index contributed by atoms with van der Waals surface area (Å²) in [6.07, 6.45) is 0. The van der Waals surface area contributed by atoms with Crippen LogP contribution >= 0.6 is 0 Å². The van der Waals surface area contributed by atoms with Crippen LogP contribution in [0.3, 0.4) is 0 Å². The third-order valence-electron chi connectivity index (χ3n) is 13.0. The molecule has 0 fully saturated rings. The second-order valence-electron chi connectivity index (χ2n) is 16.8. The van der Waals surface area contributed by atoms with Crippen LogP contribution in [0.25, 0.3) is 121 Å². The van der Waals surface area contributed by atoms with Crippen LogP contribution in [0.5, 0.6) is 0 Å². The second kappa shape index (κ2) is 15.9. The van der Waals surface area contributed by atoms with E-state index in [0.29, 0.717) is 0 Å². The van der Waals surface area contributed by atoms with E-state index >= 15 is 0 Å². The molecule has 298 valence electrons. The topological polar surface area (TPSA) is 0 Å². The molecule has 0 aromatic heterocycles. The molecule has 0 N–H and O–H groups in total. The Bertz CT molecular complexity index is 3550. The normalized spacial score (nSPS) is 11.4. The van der Waals surface area contributed by atoms with Crippen molar-refractivity contribution in [3.8, 4) is 77.9 Å². The molecule has 0 aliphatic rings. The molecular weight excluding hydrogens is 769 g/mol. The Balaban J connectivity index is 1.27. The summed E-state index contributed by atoms with van der Waals surface area (Å²) in [5, 5.41) is 9.88. The lowest BCUT2D eigenvalue weighted by Gasteiger charge is -2.22. The minimum absolute atomic E-state index is 1.19. The van der Waals surface area contributed by atoms with Crippen LogP contribution < -0.4 is 0 Å². The smallest absolute Gasteiger partial charge is 0.00257 e. The predicted octanol–water partition coefficient (Wildman–Crippen LogP) is 18.0. The molecule has 0 aliphatic heterocycles. The van der Waals surface area contributed by atoms with Gasteiger partial charge in [-0.25, -0.2) is 0 Å². The highest BCUT2D eigenvalue weighted by Gasteiger charge is 2.22. The van der Waals surface area contributed by atoms with Crippen molar-refractivity contribution in [2.24, 2.45) is 0 Å². The molecule has 0 saturated carbocycles. The number of rotatable bonds is 7. The van der Waals surface area contributed by atoms with Crippen molar-refractivity contribution in [1.29, 1.82) is 0 Å². The molecule has 0 heterocycles. The molecule has 0 bridgehead atoms. The van der Waals surface area contributed by atoms with E-state index in [4.69, 9.17) is 0 Å². The summed E-state index contributed by atoms with van der Waals surface area (Å²) in [5.74, 6) is 0. The third kappa shape index (κ3) is 6.65. The third-order valence-corrected chi connectivity index (χ3v) is 13.0. The summed E-state index contributed by atoms with van der Waals surface area (Å²) < 4.78 is 0. The largest absolute Gasteiger partial charge is 0.0622 e. The first kappa shape index (κ1) is 37.4. The van der Waals surface area contributed by atoms with Gasteiger partial charge in [-0.1, -0.05) is 200 Å². The minimum Gasteiger partial charge on any atom is -0.0622 e. The van der Waals surface area contributed by atoms with E-state index in [0.717, 1.165) is 0 Å². The molecule has 0 heteroatoms. The maximum Gasteiger partial charge on any atom is -0.00257 e. The summed E-state index contributed by atoms with van der Waals surface area (Å²) in [7, 11) is 0. The Hall–Kier alpha value is -8.32. The summed E-state index contributed by atoms with van der Waals surface area (Å²) in [4.78, 5) is 0. The highest BCUT2D eigenvalue weighted by atomic mass is 14.2. The molecule has 12 aromatic rings. The molecule has 0 saturated heterocycles. The number of hydrogen-bond acceptors (Lipinski definition) is 0. The van der Waals surface area contributed by atoms with Crippen molar-refractivity contribution in [2.75, 3.05) is 0 Å². The van der Waals surface area contributed by atoms with E-state index in [2.05, 4.69) is 255 Å². The Morgan fingerprint density at radius 2 is 0.469 bits per heavy atom. The molecular formula is C64H42. The van der Waals surface area contributed by atoms with Crippen molar-refractivity contribution >= 4 is 43.1 Å². The van der Waals surface area contributed by atoms with E-state index in [9.17, 15) is 0 Å². The van der Waals surface area contributed by atoms with Gasteiger partial charge in [0.2, 0.25) is 0 Å². The average molecular weight is 811 g/mol. The highest BCUT2D eigenvalue weighted by molar-refractivity contribution is 6.27.